The number of carboxylic acid groups (broad SMARTS) is 1. The minimum atomic E-state index is -0.771. The van der Waals surface area contributed by atoms with Gasteiger partial charge in [-0.2, -0.15) is 0 Å². The van der Waals surface area contributed by atoms with Crippen molar-refractivity contribution >= 4 is 5.97 Å². The van der Waals surface area contributed by atoms with Crippen LogP contribution in [0.25, 0.3) is 0 Å². The maximum absolute atomic E-state index is 12.0. The van der Waals surface area contributed by atoms with Crippen molar-refractivity contribution in [3.63, 3.8) is 0 Å². The molecule has 3 rings (SSSR count). The van der Waals surface area contributed by atoms with E-state index in [1.54, 1.807) is 0 Å². The predicted molar refractivity (Wildman–Crippen MR) is 69.5 cm³/mol. The van der Waals surface area contributed by atoms with Gasteiger partial charge in [-0.15, -0.1) is 0 Å². The number of benzene rings is 1. The van der Waals surface area contributed by atoms with E-state index >= 15 is 0 Å². The van der Waals surface area contributed by atoms with Gasteiger partial charge in [-0.3, -0.25) is 4.90 Å². The zero-order valence-corrected chi connectivity index (χ0v) is 10.7. The average Bonchev–Trinajstić information content (AvgIpc) is 2.93. The fourth-order valence-corrected chi connectivity index (χ4v) is 3.74. The van der Waals surface area contributed by atoms with Crippen LogP contribution in [-0.4, -0.2) is 28.6 Å². The zero-order valence-electron chi connectivity index (χ0n) is 10.7. The van der Waals surface area contributed by atoms with Crippen molar-refractivity contribution in [2.24, 2.45) is 0 Å². The molecule has 2 aliphatic rings. The van der Waals surface area contributed by atoms with Crippen LogP contribution in [0.5, 0.6) is 0 Å². The lowest BCUT2D eigenvalue weighted by molar-refractivity contribution is -0.153. The lowest BCUT2D eigenvalue weighted by Gasteiger charge is -2.38. The summed E-state index contributed by atoms with van der Waals surface area (Å²) >= 11 is 0. The van der Waals surface area contributed by atoms with Crippen LogP contribution in [0.3, 0.4) is 0 Å². The second-order valence-electron chi connectivity index (χ2n) is 5.51. The number of aliphatic carboxylic acids is 1. The maximum atomic E-state index is 12.0. The Hall–Kier alpha value is -1.35. The van der Waals surface area contributed by atoms with Gasteiger partial charge in [-0.25, -0.2) is 4.79 Å². The molecule has 1 N–H and O–H groups in total. The summed E-state index contributed by atoms with van der Waals surface area (Å²) in [6.07, 6.45) is 3.81. The molecular formula is C15H19NO2. The summed E-state index contributed by atoms with van der Waals surface area (Å²) in [5.41, 5.74) is 1.46. The molecule has 3 nitrogen and oxygen atoms in total. The number of hydrogen-bond donors (Lipinski definition) is 1. The van der Waals surface area contributed by atoms with Crippen molar-refractivity contribution < 1.29 is 9.90 Å². The molecular weight excluding hydrogens is 226 g/mol. The van der Waals surface area contributed by atoms with Crippen molar-refractivity contribution in [2.75, 3.05) is 6.54 Å². The van der Waals surface area contributed by atoms with Crippen molar-refractivity contribution in [2.45, 2.75) is 44.2 Å². The van der Waals surface area contributed by atoms with E-state index in [9.17, 15) is 9.90 Å². The molecule has 96 valence electrons. The SMILES string of the molecule is CC1CCCN1C1(C(=O)O)CCc2ccccc21. The summed E-state index contributed by atoms with van der Waals surface area (Å²) in [7, 11) is 0. The van der Waals surface area contributed by atoms with Gasteiger partial charge in [0.05, 0.1) is 0 Å². The molecule has 1 heterocycles. The second kappa shape index (κ2) is 4.09. The summed E-state index contributed by atoms with van der Waals surface area (Å²) < 4.78 is 0. The van der Waals surface area contributed by atoms with Crippen LogP contribution in [0, 0.1) is 0 Å². The Morgan fingerprint density at radius 2 is 2.22 bits per heavy atom. The number of hydrogen-bond acceptors (Lipinski definition) is 2. The maximum Gasteiger partial charge on any atom is 0.328 e. The summed E-state index contributed by atoms with van der Waals surface area (Å²) in [6, 6.07) is 8.40. The number of rotatable bonds is 2. The molecule has 1 aromatic rings. The first-order valence-electron chi connectivity index (χ1n) is 6.75. The zero-order chi connectivity index (χ0) is 12.8. The molecule has 0 amide bonds. The smallest absolute Gasteiger partial charge is 0.328 e. The molecule has 0 bridgehead atoms. The minimum absolute atomic E-state index is 0.368. The summed E-state index contributed by atoms with van der Waals surface area (Å²) in [5, 5.41) is 9.85. The highest BCUT2D eigenvalue weighted by Crippen LogP contribution is 2.45. The van der Waals surface area contributed by atoms with E-state index in [1.807, 2.05) is 18.2 Å². The van der Waals surface area contributed by atoms with Gasteiger partial charge in [-0.05, 0) is 50.3 Å². The molecule has 1 fully saturated rings. The van der Waals surface area contributed by atoms with Gasteiger partial charge in [0.15, 0.2) is 0 Å². The van der Waals surface area contributed by atoms with Crippen LogP contribution in [-0.2, 0) is 16.8 Å². The van der Waals surface area contributed by atoms with E-state index in [0.717, 1.165) is 31.4 Å². The Balaban J connectivity index is 2.12. The minimum Gasteiger partial charge on any atom is -0.480 e. The Labute approximate surface area is 107 Å². The van der Waals surface area contributed by atoms with E-state index in [-0.39, 0.29) is 0 Å². The third kappa shape index (κ3) is 1.43. The van der Waals surface area contributed by atoms with Crippen LogP contribution in [0.4, 0.5) is 0 Å². The van der Waals surface area contributed by atoms with E-state index in [4.69, 9.17) is 0 Å². The van der Waals surface area contributed by atoms with Crippen molar-refractivity contribution in [3.05, 3.63) is 35.4 Å². The quantitative estimate of drug-likeness (QED) is 0.869. The molecule has 2 unspecified atom stereocenters. The normalized spacial score (nSPS) is 31.5. The van der Waals surface area contributed by atoms with E-state index in [2.05, 4.69) is 17.9 Å². The van der Waals surface area contributed by atoms with Crippen LogP contribution < -0.4 is 0 Å². The molecule has 0 aromatic heterocycles. The highest BCUT2D eigenvalue weighted by Gasteiger charge is 2.52. The number of carbonyl (C=O) groups is 1. The molecule has 1 aliphatic carbocycles. The van der Waals surface area contributed by atoms with E-state index < -0.39 is 11.5 Å². The van der Waals surface area contributed by atoms with Gasteiger partial charge >= 0.3 is 5.97 Å². The van der Waals surface area contributed by atoms with Gasteiger partial charge in [0.1, 0.15) is 5.54 Å². The molecule has 0 radical (unpaired) electrons. The molecule has 1 saturated heterocycles. The molecule has 1 aromatic carbocycles. The summed E-state index contributed by atoms with van der Waals surface area (Å²) in [5.74, 6) is -0.679. The van der Waals surface area contributed by atoms with Crippen molar-refractivity contribution in [1.29, 1.82) is 0 Å². The van der Waals surface area contributed by atoms with Crippen molar-refractivity contribution in [1.82, 2.24) is 4.90 Å². The van der Waals surface area contributed by atoms with E-state index in [1.165, 1.54) is 5.56 Å². The fourth-order valence-electron chi connectivity index (χ4n) is 3.74. The first kappa shape index (κ1) is 11.7. The van der Waals surface area contributed by atoms with Crippen molar-refractivity contribution in [3.8, 4) is 0 Å². The average molecular weight is 245 g/mol. The van der Waals surface area contributed by atoms with E-state index in [0.29, 0.717) is 12.5 Å². The monoisotopic (exact) mass is 245 g/mol. The first-order valence-corrected chi connectivity index (χ1v) is 6.75. The third-order valence-corrected chi connectivity index (χ3v) is 4.62. The molecule has 3 heteroatoms. The number of nitrogens with zero attached hydrogens (tertiary/aromatic N) is 1. The standard InChI is InChI=1S/C15H19NO2/c1-11-5-4-10-16(11)15(14(17)18)9-8-12-6-2-3-7-13(12)15/h2-3,6-7,11H,4-5,8-10H2,1H3,(H,17,18). The van der Waals surface area contributed by atoms with Gasteiger partial charge in [0.2, 0.25) is 0 Å². The largest absolute Gasteiger partial charge is 0.480 e. The van der Waals surface area contributed by atoms with Gasteiger partial charge in [0, 0.05) is 6.04 Å². The lowest BCUT2D eigenvalue weighted by atomic mass is 9.89. The Morgan fingerprint density at radius 1 is 1.44 bits per heavy atom. The van der Waals surface area contributed by atoms with Crippen LogP contribution in [0.2, 0.25) is 0 Å². The van der Waals surface area contributed by atoms with Crippen LogP contribution >= 0.6 is 0 Å². The number of fused-ring (bicyclic) bond motifs is 1. The highest BCUT2D eigenvalue weighted by molar-refractivity contribution is 5.82. The first-order chi connectivity index (χ1) is 8.66. The predicted octanol–water partition coefficient (Wildman–Crippen LogP) is 2.40. The third-order valence-electron chi connectivity index (χ3n) is 4.62. The molecule has 0 spiro atoms. The summed E-state index contributed by atoms with van der Waals surface area (Å²) in [6.45, 7) is 3.06. The number of carboxylic acids is 1. The van der Waals surface area contributed by atoms with Crippen LogP contribution in [0.1, 0.15) is 37.3 Å². The van der Waals surface area contributed by atoms with Gasteiger partial charge in [-0.1, -0.05) is 24.3 Å². The highest BCUT2D eigenvalue weighted by atomic mass is 16.4. The molecule has 1 aliphatic heterocycles. The number of likely N-dealkylation sites (tertiary alicyclic amines) is 1. The van der Waals surface area contributed by atoms with Crippen LogP contribution in [0.15, 0.2) is 24.3 Å². The Morgan fingerprint density at radius 3 is 2.89 bits per heavy atom. The fraction of sp³-hybridized carbons (Fsp3) is 0.533. The van der Waals surface area contributed by atoms with Gasteiger partial charge in [0.25, 0.3) is 0 Å². The van der Waals surface area contributed by atoms with Gasteiger partial charge < -0.3 is 5.11 Å². The second-order valence-corrected chi connectivity index (χ2v) is 5.51. The lowest BCUT2D eigenvalue weighted by Crippen LogP contribution is -2.52. The Bertz CT molecular complexity index is 485. The Kier molecular flexibility index (Phi) is 2.67. The molecule has 2 atom stereocenters. The summed E-state index contributed by atoms with van der Waals surface area (Å²) in [4.78, 5) is 14.2. The molecule has 0 saturated carbocycles. The topological polar surface area (TPSA) is 40.5 Å². The number of aryl methyl sites for hydroxylation is 1. The molecule has 18 heavy (non-hydrogen) atoms.